The van der Waals surface area contributed by atoms with Gasteiger partial charge in [-0.15, -0.1) is 0 Å². The number of aromatic nitrogens is 2. The van der Waals surface area contributed by atoms with Crippen molar-refractivity contribution in [3.8, 4) is 39.6 Å². The van der Waals surface area contributed by atoms with Crippen molar-refractivity contribution in [3.63, 3.8) is 0 Å². The highest BCUT2D eigenvalue weighted by atomic mass is 19.1. The average molecular weight is 987 g/mol. The van der Waals surface area contributed by atoms with E-state index in [9.17, 15) is 4.39 Å². The smallest absolute Gasteiger partial charge is 0.137 e. The number of hydrogen-bond acceptors (Lipinski definition) is 4. The van der Waals surface area contributed by atoms with E-state index in [1.807, 2.05) is 18.3 Å². The second-order valence-corrected chi connectivity index (χ2v) is 23.4. The molecule has 9 rings (SSSR count). The molecule has 74 heavy (non-hydrogen) atoms. The van der Waals surface area contributed by atoms with Crippen molar-refractivity contribution in [1.82, 2.24) is 9.55 Å². The van der Waals surface area contributed by atoms with Crippen LogP contribution in [0.2, 0.25) is 0 Å². The zero-order valence-corrected chi connectivity index (χ0v) is 45.7. The van der Waals surface area contributed by atoms with Crippen LogP contribution in [0.4, 0.5) is 31.5 Å². The topological polar surface area (TPSA) is 51.1 Å². The van der Waals surface area contributed by atoms with E-state index < -0.39 is 11.6 Å². The molecule has 5 nitrogen and oxygen atoms in total. The number of pyridine rings is 1. The summed E-state index contributed by atoms with van der Waals surface area (Å²) in [6.45, 7) is 31.0. The normalized spacial score (nSPS) is 12.3. The predicted molar refractivity (Wildman–Crippen MR) is 309 cm³/mol. The van der Waals surface area contributed by atoms with Gasteiger partial charge in [-0.3, -0.25) is 4.57 Å². The van der Waals surface area contributed by atoms with Crippen LogP contribution in [0.5, 0.6) is 11.5 Å². The van der Waals surface area contributed by atoms with Gasteiger partial charge in [-0.2, -0.15) is 0 Å². The zero-order chi connectivity index (χ0) is 53.0. The molecule has 9 aromatic rings. The van der Waals surface area contributed by atoms with E-state index in [2.05, 4.69) is 221 Å². The summed E-state index contributed by atoms with van der Waals surface area (Å²) in [5.41, 5.74) is 15.6. The monoisotopic (exact) mass is 987 g/mol. The number of ether oxygens (including phenoxy) is 1. The summed E-state index contributed by atoms with van der Waals surface area (Å²) in [6, 6.07) is 46.7. The van der Waals surface area contributed by atoms with Crippen molar-refractivity contribution < 1.29 is 13.5 Å². The van der Waals surface area contributed by atoms with Gasteiger partial charge in [-0.05, 0) is 170 Å². The Balaban J connectivity index is 1.21. The third kappa shape index (κ3) is 10.4. The number of fused-ring (bicyclic) bond motifs is 3. The highest BCUT2D eigenvalue weighted by molar-refractivity contribution is 6.09. The quantitative estimate of drug-likeness (QED) is 0.121. The Morgan fingerprint density at radius 3 is 1.78 bits per heavy atom. The number of para-hydroxylation sites is 1. The van der Waals surface area contributed by atoms with Gasteiger partial charge in [0.15, 0.2) is 0 Å². The molecule has 2 N–H and O–H groups in total. The Morgan fingerprint density at radius 2 is 1.14 bits per heavy atom. The molecule has 0 fully saturated rings. The molecule has 0 bridgehead atoms. The summed E-state index contributed by atoms with van der Waals surface area (Å²) in [5, 5.41) is 10.1. The van der Waals surface area contributed by atoms with Crippen molar-refractivity contribution in [2.45, 2.75) is 131 Å². The number of benzene rings is 7. The van der Waals surface area contributed by atoms with E-state index in [1.54, 1.807) is 0 Å². The highest BCUT2D eigenvalue weighted by Gasteiger charge is 2.24. The molecular weight excluding hydrogens is 915 g/mol. The second-order valence-electron chi connectivity index (χ2n) is 23.4. The van der Waals surface area contributed by atoms with Crippen LogP contribution in [0, 0.1) is 11.6 Å². The fourth-order valence-electron chi connectivity index (χ4n) is 10.3. The molecule has 7 heteroatoms. The molecule has 0 aliphatic heterocycles. The zero-order valence-electron chi connectivity index (χ0n) is 45.7. The van der Waals surface area contributed by atoms with Gasteiger partial charge in [-0.1, -0.05) is 139 Å². The highest BCUT2D eigenvalue weighted by Crippen LogP contribution is 2.45. The van der Waals surface area contributed by atoms with Gasteiger partial charge in [0.2, 0.25) is 0 Å². The van der Waals surface area contributed by atoms with Crippen LogP contribution in [0.15, 0.2) is 146 Å². The minimum absolute atomic E-state index is 0.0522. The van der Waals surface area contributed by atoms with Crippen molar-refractivity contribution in [1.29, 1.82) is 0 Å². The van der Waals surface area contributed by atoms with Crippen molar-refractivity contribution in [3.05, 3.63) is 191 Å². The molecule has 0 amide bonds. The standard InChI is InChI=1S/C67H72F2N4O/c1-39(2)51-19-17-20-52(40(3)4)64(51)44-30-48(37-50(31-44)74-49-24-25-54-53-18-15-16-21-61(53)73(62(54)38-49)63-35-46(28-29-70-63)67(12,13)14)71-59-27-22-45(66(9,10)11)34-60(59)72-65-55(41(5)6)32-43(33-56(65)42(7)8)57-36-47(68)23-26-58(57)69/h15-42,71-72H,1-14H3. The first kappa shape index (κ1) is 51.6. The van der Waals surface area contributed by atoms with E-state index >= 15 is 4.39 Å². The number of nitrogens with one attached hydrogen (secondary N) is 2. The first-order valence-electron chi connectivity index (χ1n) is 26.3. The Labute approximate surface area is 438 Å². The van der Waals surface area contributed by atoms with Crippen LogP contribution < -0.4 is 15.4 Å². The van der Waals surface area contributed by atoms with Crippen LogP contribution in [-0.4, -0.2) is 9.55 Å². The fraction of sp³-hybridized carbons (Fsp3) is 0.299. The Kier molecular flexibility index (Phi) is 14.1. The van der Waals surface area contributed by atoms with Crippen molar-refractivity contribution >= 4 is 44.6 Å². The lowest BCUT2D eigenvalue weighted by atomic mass is 9.85. The molecule has 0 unspecified atom stereocenters. The molecule has 0 aliphatic carbocycles. The maximum Gasteiger partial charge on any atom is 0.137 e. The Morgan fingerprint density at radius 1 is 0.500 bits per heavy atom. The molecule has 2 aromatic heterocycles. The Bertz CT molecular complexity index is 3490. The minimum atomic E-state index is -0.471. The lowest BCUT2D eigenvalue weighted by Crippen LogP contribution is -2.12. The summed E-state index contributed by atoms with van der Waals surface area (Å²) in [5.74, 6) is 2.01. The second kappa shape index (κ2) is 20.2. The summed E-state index contributed by atoms with van der Waals surface area (Å²) < 4.78 is 39.4. The molecule has 380 valence electrons. The van der Waals surface area contributed by atoms with Gasteiger partial charge in [0.05, 0.1) is 22.4 Å². The fourth-order valence-corrected chi connectivity index (χ4v) is 10.3. The summed E-state index contributed by atoms with van der Waals surface area (Å²) >= 11 is 0. The van der Waals surface area contributed by atoms with Crippen molar-refractivity contribution in [2.75, 3.05) is 10.6 Å². The van der Waals surface area contributed by atoms with Gasteiger partial charge < -0.3 is 15.4 Å². The van der Waals surface area contributed by atoms with Gasteiger partial charge in [0, 0.05) is 46.0 Å². The molecule has 2 heterocycles. The average Bonchev–Trinajstić information content (AvgIpc) is 3.67. The molecule has 0 spiro atoms. The number of anilines is 4. The molecule has 7 aromatic carbocycles. The minimum Gasteiger partial charge on any atom is -0.457 e. The molecular formula is C67H72F2N4O. The van der Waals surface area contributed by atoms with Gasteiger partial charge in [-0.25, -0.2) is 13.8 Å². The van der Waals surface area contributed by atoms with Crippen molar-refractivity contribution in [2.24, 2.45) is 0 Å². The first-order chi connectivity index (χ1) is 35.0. The molecule has 0 aliphatic rings. The first-order valence-corrected chi connectivity index (χ1v) is 26.3. The van der Waals surface area contributed by atoms with Crippen LogP contribution >= 0.6 is 0 Å². The number of nitrogens with zero attached hydrogens (tertiary/aromatic N) is 2. The number of rotatable bonds is 13. The van der Waals surface area contributed by atoms with E-state index in [1.165, 1.54) is 46.0 Å². The molecule has 0 radical (unpaired) electrons. The van der Waals surface area contributed by atoms with Crippen LogP contribution in [0.3, 0.4) is 0 Å². The van der Waals surface area contributed by atoms with Crippen LogP contribution in [0.1, 0.15) is 154 Å². The largest absolute Gasteiger partial charge is 0.457 e. The summed E-state index contributed by atoms with van der Waals surface area (Å²) in [4.78, 5) is 4.93. The van der Waals surface area contributed by atoms with Crippen LogP contribution in [-0.2, 0) is 10.8 Å². The van der Waals surface area contributed by atoms with Gasteiger partial charge >= 0.3 is 0 Å². The Hall–Kier alpha value is -7.25. The summed E-state index contributed by atoms with van der Waals surface area (Å²) in [7, 11) is 0. The summed E-state index contributed by atoms with van der Waals surface area (Å²) in [6.07, 6.45) is 1.91. The molecule has 0 saturated carbocycles. The van der Waals surface area contributed by atoms with Gasteiger partial charge in [0.25, 0.3) is 0 Å². The van der Waals surface area contributed by atoms with Gasteiger partial charge in [0.1, 0.15) is 29.0 Å². The third-order valence-electron chi connectivity index (χ3n) is 14.4. The number of halogens is 2. The maximum absolute atomic E-state index is 15.4. The number of hydrogen-bond donors (Lipinski definition) is 2. The molecule has 0 atom stereocenters. The van der Waals surface area contributed by atoms with E-state index in [0.29, 0.717) is 17.1 Å². The molecule has 0 saturated heterocycles. The lowest BCUT2D eigenvalue weighted by Gasteiger charge is -2.26. The third-order valence-corrected chi connectivity index (χ3v) is 14.4. The predicted octanol–water partition coefficient (Wildman–Crippen LogP) is 20.2. The maximum atomic E-state index is 15.4. The lowest BCUT2D eigenvalue weighted by molar-refractivity contribution is 0.484. The SMILES string of the molecule is CC(C)c1cc(-c2cc(F)ccc2F)cc(C(C)C)c1Nc1cc(C(C)(C)C)ccc1Nc1cc(Oc2ccc3c4ccccc4n(-c4cc(C(C)(C)C)ccn4)c3c2)cc(-c2c(C(C)C)cccc2C(C)C)c1. The van der Waals surface area contributed by atoms with E-state index in [4.69, 9.17) is 9.72 Å². The van der Waals surface area contributed by atoms with E-state index in [0.717, 1.165) is 67.1 Å². The van der Waals surface area contributed by atoms with E-state index in [-0.39, 0.29) is 40.1 Å². The van der Waals surface area contributed by atoms with Crippen LogP contribution in [0.25, 0.3) is 49.9 Å².